The van der Waals surface area contributed by atoms with E-state index < -0.39 is 5.91 Å². The maximum atomic E-state index is 12.8. The molecule has 11 heteroatoms. The van der Waals surface area contributed by atoms with E-state index in [9.17, 15) is 14.4 Å². The van der Waals surface area contributed by atoms with Gasteiger partial charge in [0.15, 0.2) is 0 Å². The second-order valence-corrected chi connectivity index (χ2v) is 12.5. The summed E-state index contributed by atoms with van der Waals surface area (Å²) in [6, 6.07) is 23.4. The molecule has 46 heavy (non-hydrogen) atoms. The molecule has 3 N–H and O–H groups in total. The number of pyridine rings is 1. The molecule has 3 amide bonds. The Labute approximate surface area is 272 Å². The number of rotatable bonds is 10. The number of anilines is 1. The predicted octanol–water partition coefficient (Wildman–Crippen LogP) is 5.11. The van der Waals surface area contributed by atoms with Crippen molar-refractivity contribution in [2.24, 2.45) is 5.92 Å². The van der Waals surface area contributed by atoms with Gasteiger partial charge in [-0.1, -0.05) is 42.5 Å². The summed E-state index contributed by atoms with van der Waals surface area (Å²) in [7, 11) is 0. The van der Waals surface area contributed by atoms with Crippen molar-refractivity contribution in [1.82, 2.24) is 30.9 Å². The van der Waals surface area contributed by atoms with Crippen LogP contribution in [-0.4, -0.2) is 51.6 Å². The fourth-order valence-electron chi connectivity index (χ4n) is 5.57. The first-order valence-electron chi connectivity index (χ1n) is 15.3. The number of piperidine rings is 1. The normalized spacial score (nSPS) is 16.1. The number of imide groups is 1. The molecule has 0 radical (unpaired) electrons. The van der Waals surface area contributed by atoms with Crippen LogP contribution in [0.15, 0.2) is 83.9 Å². The number of aromatic nitrogens is 3. The summed E-state index contributed by atoms with van der Waals surface area (Å²) < 4.78 is 0. The highest BCUT2D eigenvalue weighted by atomic mass is 32.2. The lowest BCUT2D eigenvalue weighted by molar-refractivity contribution is -0.115. The first-order chi connectivity index (χ1) is 22.4. The van der Waals surface area contributed by atoms with Gasteiger partial charge in [0.1, 0.15) is 0 Å². The summed E-state index contributed by atoms with van der Waals surface area (Å²) in [6.07, 6.45) is 5.31. The van der Waals surface area contributed by atoms with Crippen molar-refractivity contribution < 1.29 is 14.4 Å². The molecule has 0 atom stereocenters. The molecule has 234 valence electrons. The number of carbonyl (C=O) groups is 3. The molecule has 2 aromatic heterocycles. The van der Waals surface area contributed by atoms with Gasteiger partial charge >= 0.3 is 0 Å². The highest BCUT2D eigenvalue weighted by molar-refractivity contribution is 8.18. The summed E-state index contributed by atoms with van der Waals surface area (Å²) in [4.78, 5) is 52.7. The van der Waals surface area contributed by atoms with Gasteiger partial charge in [-0.2, -0.15) is 0 Å². The fraction of sp³-hybridized carbons (Fsp3) is 0.257. The van der Waals surface area contributed by atoms with Crippen molar-refractivity contribution >= 4 is 40.8 Å². The van der Waals surface area contributed by atoms with Crippen LogP contribution in [0.4, 0.5) is 10.7 Å². The molecule has 0 unspecified atom stereocenters. The number of benzene rings is 2. The van der Waals surface area contributed by atoms with E-state index in [1.54, 1.807) is 18.3 Å². The number of hydrogen-bond acceptors (Lipinski definition) is 9. The Bertz CT molecular complexity index is 1770. The van der Waals surface area contributed by atoms with Crippen LogP contribution in [0.25, 0.3) is 17.3 Å². The molecule has 0 spiro atoms. The lowest BCUT2D eigenvalue weighted by Crippen LogP contribution is -2.38. The topological polar surface area (TPSA) is 129 Å². The minimum absolute atomic E-state index is 0.113. The zero-order valence-electron chi connectivity index (χ0n) is 25.5. The second-order valence-electron chi connectivity index (χ2n) is 11.5. The quantitative estimate of drug-likeness (QED) is 0.204. The number of nitrogens with one attached hydrogen (secondary N) is 3. The predicted molar refractivity (Wildman–Crippen MR) is 180 cm³/mol. The number of carbonyl (C=O) groups excluding carboxylic acids is 3. The lowest BCUT2D eigenvalue weighted by Gasteiger charge is -2.32. The van der Waals surface area contributed by atoms with E-state index in [0.29, 0.717) is 41.1 Å². The average Bonchev–Trinajstić information content (AvgIpc) is 3.39. The van der Waals surface area contributed by atoms with Gasteiger partial charge in [-0.05, 0) is 91.5 Å². The molecular formula is C35H35N7O3S. The van der Waals surface area contributed by atoms with E-state index in [1.807, 2.05) is 54.6 Å². The Balaban J connectivity index is 1.00. The van der Waals surface area contributed by atoms with Crippen LogP contribution in [-0.2, 0) is 17.9 Å². The lowest BCUT2D eigenvalue weighted by atomic mass is 9.97. The molecule has 0 aliphatic carbocycles. The Morgan fingerprint density at radius 3 is 2.61 bits per heavy atom. The van der Waals surface area contributed by atoms with Gasteiger partial charge in [0.2, 0.25) is 5.95 Å². The Morgan fingerprint density at radius 1 is 1.00 bits per heavy atom. The van der Waals surface area contributed by atoms with Gasteiger partial charge in [-0.15, -0.1) is 0 Å². The van der Waals surface area contributed by atoms with Crippen LogP contribution in [0.3, 0.4) is 0 Å². The minimum atomic E-state index is -0.394. The maximum absolute atomic E-state index is 12.8. The summed E-state index contributed by atoms with van der Waals surface area (Å²) >= 11 is 0.880. The smallest absolute Gasteiger partial charge is 0.290 e. The van der Waals surface area contributed by atoms with Crippen molar-refractivity contribution in [3.63, 3.8) is 0 Å². The average molecular weight is 634 g/mol. The summed E-state index contributed by atoms with van der Waals surface area (Å²) in [5, 5.41) is 8.49. The van der Waals surface area contributed by atoms with E-state index in [1.165, 1.54) is 0 Å². The molecule has 2 aliphatic heterocycles. The standard InChI is InChI=1S/C35H35N7O3S/c1-23-16-29(39-30(17-23)26-8-5-9-27(18-26)32(43)38-21-24-6-3-2-4-7-24)22-36-20-25-11-14-42(15-12-25)34-37-13-10-28(40-34)19-31-33(44)41-35(45)46-31/h2-10,13,16-19,25,36H,11-12,14-15,20-22H2,1H3,(H,38,43)(H,41,44,45). The first kappa shape index (κ1) is 31.1. The van der Waals surface area contributed by atoms with E-state index in [0.717, 1.165) is 72.3 Å². The third kappa shape index (κ3) is 8.04. The molecule has 2 fully saturated rings. The SMILES string of the molecule is Cc1cc(CNCC2CCN(c3nccc(C=C4SC(=O)NC4=O)n3)CC2)nc(-c2cccc(C(=O)NCc3ccccc3)c2)c1. The monoisotopic (exact) mass is 633 g/mol. The maximum Gasteiger partial charge on any atom is 0.290 e. The van der Waals surface area contributed by atoms with Gasteiger partial charge in [0.05, 0.1) is 22.0 Å². The van der Waals surface area contributed by atoms with Crippen molar-refractivity contribution in [3.05, 3.63) is 112 Å². The van der Waals surface area contributed by atoms with Crippen LogP contribution in [0, 0.1) is 12.8 Å². The molecule has 2 saturated heterocycles. The molecule has 6 rings (SSSR count). The number of aryl methyl sites for hydroxylation is 1. The summed E-state index contributed by atoms with van der Waals surface area (Å²) in [5.41, 5.74) is 6.09. The van der Waals surface area contributed by atoms with Crippen LogP contribution in [0.1, 0.15) is 45.7 Å². The van der Waals surface area contributed by atoms with Gasteiger partial charge in [-0.3, -0.25) is 24.7 Å². The third-order valence-electron chi connectivity index (χ3n) is 7.96. The Hall–Kier alpha value is -4.87. The van der Waals surface area contributed by atoms with Crippen molar-refractivity contribution in [2.45, 2.75) is 32.9 Å². The number of amides is 3. The molecule has 2 aliphatic rings. The number of thioether (sulfide) groups is 1. The van der Waals surface area contributed by atoms with Crippen LogP contribution >= 0.6 is 11.8 Å². The third-order valence-corrected chi connectivity index (χ3v) is 8.77. The van der Waals surface area contributed by atoms with Gasteiger partial charge in [0.25, 0.3) is 17.1 Å². The molecule has 4 aromatic rings. The number of nitrogens with zero attached hydrogens (tertiary/aromatic N) is 4. The largest absolute Gasteiger partial charge is 0.348 e. The molecule has 2 aromatic carbocycles. The van der Waals surface area contributed by atoms with E-state index in [4.69, 9.17) is 4.98 Å². The van der Waals surface area contributed by atoms with Gasteiger partial charge in [-0.25, -0.2) is 9.97 Å². The Kier molecular flexibility index (Phi) is 9.80. The molecule has 0 bridgehead atoms. The molecule has 4 heterocycles. The molecule has 0 saturated carbocycles. The fourth-order valence-corrected chi connectivity index (χ4v) is 6.24. The van der Waals surface area contributed by atoms with Crippen molar-refractivity contribution in [3.8, 4) is 11.3 Å². The van der Waals surface area contributed by atoms with Crippen molar-refractivity contribution in [2.75, 3.05) is 24.5 Å². The van der Waals surface area contributed by atoms with Crippen LogP contribution in [0.5, 0.6) is 0 Å². The molecule has 10 nitrogen and oxygen atoms in total. The van der Waals surface area contributed by atoms with E-state index in [-0.39, 0.29) is 11.1 Å². The van der Waals surface area contributed by atoms with Crippen LogP contribution < -0.4 is 20.9 Å². The summed E-state index contributed by atoms with van der Waals surface area (Å²) in [6.45, 7) is 5.74. The van der Waals surface area contributed by atoms with Crippen LogP contribution in [0.2, 0.25) is 0 Å². The second kappa shape index (κ2) is 14.5. The zero-order chi connectivity index (χ0) is 31.9. The minimum Gasteiger partial charge on any atom is -0.348 e. The van der Waals surface area contributed by atoms with Crippen molar-refractivity contribution in [1.29, 1.82) is 0 Å². The van der Waals surface area contributed by atoms with Gasteiger partial charge < -0.3 is 15.5 Å². The first-order valence-corrected chi connectivity index (χ1v) is 16.1. The van der Waals surface area contributed by atoms with Gasteiger partial charge in [0, 0.05) is 43.5 Å². The number of hydrogen-bond donors (Lipinski definition) is 3. The van der Waals surface area contributed by atoms with E-state index >= 15 is 0 Å². The highest BCUT2D eigenvalue weighted by Crippen LogP contribution is 2.26. The summed E-state index contributed by atoms with van der Waals surface area (Å²) in [5.74, 6) is 0.637. The molecular weight excluding hydrogens is 598 g/mol. The highest BCUT2D eigenvalue weighted by Gasteiger charge is 2.26. The van der Waals surface area contributed by atoms with E-state index in [2.05, 4.69) is 49.9 Å². The Morgan fingerprint density at radius 2 is 1.83 bits per heavy atom. The zero-order valence-corrected chi connectivity index (χ0v) is 26.3.